The Kier molecular flexibility index (Phi) is 5.52. The molecule has 32 heavy (non-hydrogen) atoms. The highest BCUT2D eigenvalue weighted by Gasteiger charge is 2.23. The molecule has 1 atom stereocenters. The van der Waals surface area contributed by atoms with Crippen LogP contribution in [0.25, 0.3) is 21.3 Å². The second kappa shape index (κ2) is 8.48. The first kappa shape index (κ1) is 20.8. The van der Waals surface area contributed by atoms with E-state index < -0.39 is 0 Å². The number of carbonyl (C=O) groups is 1. The second-order valence-electron chi connectivity index (χ2n) is 7.45. The summed E-state index contributed by atoms with van der Waals surface area (Å²) in [5.41, 5.74) is 1.78. The number of fused-ring (bicyclic) bond motifs is 2. The number of thioether (sulfide) groups is 1. The zero-order valence-electron chi connectivity index (χ0n) is 16.7. The first-order valence-corrected chi connectivity index (χ1v) is 11.8. The molecular weight excluding hydrogens is 452 g/mol. The van der Waals surface area contributed by atoms with E-state index in [1.165, 1.54) is 46.5 Å². The van der Waals surface area contributed by atoms with Gasteiger partial charge in [-0.15, -0.1) is 23.1 Å². The number of nitrogens with zero attached hydrogens (tertiary/aromatic N) is 2. The molecule has 0 unspecified atom stereocenters. The predicted molar refractivity (Wildman–Crippen MR) is 122 cm³/mol. The molecule has 162 valence electrons. The summed E-state index contributed by atoms with van der Waals surface area (Å²) in [6.45, 7) is -0.200. The van der Waals surface area contributed by atoms with Gasteiger partial charge in [-0.3, -0.25) is 14.2 Å². The SMILES string of the molecule is O=C(Cn1cnc2scc(-c3ccc(F)cc3)c2c1=O)N[C@H]1CCSc2ccc(F)cc21. The number of benzene rings is 2. The molecule has 0 saturated carbocycles. The van der Waals surface area contributed by atoms with Gasteiger partial charge in [-0.2, -0.15) is 0 Å². The fraction of sp³-hybridized carbons (Fsp3) is 0.174. The van der Waals surface area contributed by atoms with E-state index in [1.807, 2.05) is 5.38 Å². The van der Waals surface area contributed by atoms with E-state index in [0.29, 0.717) is 27.8 Å². The Morgan fingerprint density at radius 1 is 1.16 bits per heavy atom. The van der Waals surface area contributed by atoms with Crippen LogP contribution in [0, 0.1) is 11.6 Å². The average Bonchev–Trinajstić information content (AvgIpc) is 3.21. The summed E-state index contributed by atoms with van der Waals surface area (Å²) in [5, 5.41) is 5.14. The Balaban J connectivity index is 1.41. The molecule has 2 aromatic heterocycles. The molecule has 2 aromatic carbocycles. The quantitative estimate of drug-likeness (QED) is 0.468. The minimum atomic E-state index is -0.358. The summed E-state index contributed by atoms with van der Waals surface area (Å²) >= 11 is 2.95. The second-order valence-corrected chi connectivity index (χ2v) is 9.45. The zero-order valence-corrected chi connectivity index (χ0v) is 18.3. The van der Waals surface area contributed by atoms with E-state index in [4.69, 9.17) is 0 Å². The van der Waals surface area contributed by atoms with Crippen molar-refractivity contribution < 1.29 is 13.6 Å². The van der Waals surface area contributed by atoms with Crippen molar-refractivity contribution >= 4 is 39.2 Å². The molecule has 0 radical (unpaired) electrons. The average molecular weight is 470 g/mol. The molecule has 0 bridgehead atoms. The van der Waals surface area contributed by atoms with Gasteiger partial charge in [0.25, 0.3) is 5.56 Å². The molecule has 5 rings (SSSR count). The largest absolute Gasteiger partial charge is 0.348 e. The number of aromatic nitrogens is 2. The molecule has 1 aliphatic rings. The van der Waals surface area contributed by atoms with Gasteiger partial charge in [-0.25, -0.2) is 13.8 Å². The van der Waals surface area contributed by atoms with Crippen LogP contribution < -0.4 is 10.9 Å². The molecular formula is C23H17F2N3O2S2. The maximum absolute atomic E-state index is 13.7. The molecule has 0 saturated heterocycles. The van der Waals surface area contributed by atoms with Crippen molar-refractivity contribution in [2.45, 2.75) is 23.9 Å². The molecule has 1 amide bonds. The van der Waals surface area contributed by atoms with Crippen LogP contribution in [0.2, 0.25) is 0 Å². The fourth-order valence-corrected chi connectivity index (χ4v) is 5.84. The number of halogens is 2. The van der Waals surface area contributed by atoms with Crippen molar-refractivity contribution in [3.8, 4) is 11.1 Å². The standard InChI is InChI=1S/C23H17F2N3O2S2/c24-14-3-1-13(2-4-14)17-11-32-22-21(17)23(30)28(12-26-22)10-20(29)27-18-7-8-31-19-6-5-15(25)9-16(18)19/h1-6,9,11-12,18H,7-8,10H2,(H,27,29)/t18-/m0/s1. The van der Waals surface area contributed by atoms with Crippen molar-refractivity contribution in [2.75, 3.05) is 5.75 Å². The minimum absolute atomic E-state index is 0.200. The highest BCUT2D eigenvalue weighted by Crippen LogP contribution is 2.36. The van der Waals surface area contributed by atoms with E-state index >= 15 is 0 Å². The van der Waals surface area contributed by atoms with Crippen molar-refractivity contribution in [2.24, 2.45) is 0 Å². The third-order valence-electron chi connectivity index (χ3n) is 5.38. The fourth-order valence-electron chi connectivity index (χ4n) is 3.83. The summed E-state index contributed by atoms with van der Waals surface area (Å²) in [5.74, 6) is -0.239. The monoisotopic (exact) mass is 469 g/mol. The number of thiophene rings is 1. The van der Waals surface area contributed by atoms with Gasteiger partial charge in [0, 0.05) is 21.6 Å². The third-order valence-corrected chi connectivity index (χ3v) is 7.39. The van der Waals surface area contributed by atoms with Crippen LogP contribution >= 0.6 is 23.1 Å². The minimum Gasteiger partial charge on any atom is -0.348 e. The maximum atomic E-state index is 13.7. The smallest absolute Gasteiger partial charge is 0.263 e. The number of hydrogen-bond donors (Lipinski definition) is 1. The maximum Gasteiger partial charge on any atom is 0.263 e. The molecule has 5 nitrogen and oxygen atoms in total. The van der Waals surface area contributed by atoms with Crippen LogP contribution in [-0.2, 0) is 11.3 Å². The topological polar surface area (TPSA) is 64.0 Å². The first-order valence-electron chi connectivity index (χ1n) is 9.94. The molecule has 0 fully saturated rings. The van der Waals surface area contributed by atoms with Crippen LogP contribution in [0.15, 0.2) is 63.9 Å². The summed E-state index contributed by atoms with van der Waals surface area (Å²) in [6, 6.07) is 10.2. The Morgan fingerprint density at radius 2 is 1.94 bits per heavy atom. The summed E-state index contributed by atoms with van der Waals surface area (Å²) in [4.78, 5) is 31.7. The van der Waals surface area contributed by atoms with E-state index in [9.17, 15) is 18.4 Å². The number of carbonyl (C=O) groups excluding carboxylic acids is 1. The highest BCUT2D eigenvalue weighted by atomic mass is 32.2. The molecule has 1 aliphatic heterocycles. The Morgan fingerprint density at radius 3 is 2.75 bits per heavy atom. The first-order chi connectivity index (χ1) is 15.5. The van der Waals surface area contributed by atoms with Crippen LogP contribution in [0.3, 0.4) is 0 Å². The number of hydrogen-bond acceptors (Lipinski definition) is 5. The van der Waals surface area contributed by atoms with Crippen LogP contribution in [0.4, 0.5) is 8.78 Å². The van der Waals surface area contributed by atoms with Crippen LogP contribution in [0.5, 0.6) is 0 Å². The van der Waals surface area contributed by atoms with Gasteiger partial charge in [-0.05, 0) is 47.9 Å². The van der Waals surface area contributed by atoms with Gasteiger partial charge in [0.2, 0.25) is 5.91 Å². The van der Waals surface area contributed by atoms with Gasteiger partial charge in [0.15, 0.2) is 0 Å². The number of nitrogens with one attached hydrogen (secondary N) is 1. The zero-order chi connectivity index (χ0) is 22.2. The summed E-state index contributed by atoms with van der Waals surface area (Å²) < 4.78 is 28.3. The lowest BCUT2D eigenvalue weighted by atomic mass is 10.0. The van der Waals surface area contributed by atoms with E-state index in [0.717, 1.165) is 16.2 Å². The van der Waals surface area contributed by atoms with Crippen LogP contribution in [-0.4, -0.2) is 21.2 Å². The number of amides is 1. The molecule has 4 aromatic rings. The van der Waals surface area contributed by atoms with Crippen molar-refractivity contribution in [3.63, 3.8) is 0 Å². The Labute approximate surface area is 190 Å². The van der Waals surface area contributed by atoms with Gasteiger partial charge in [0.1, 0.15) is 23.0 Å². The normalized spacial score (nSPS) is 15.5. The van der Waals surface area contributed by atoms with Crippen molar-refractivity contribution in [1.29, 1.82) is 0 Å². The molecule has 1 N–H and O–H groups in total. The van der Waals surface area contributed by atoms with Crippen molar-refractivity contribution in [1.82, 2.24) is 14.9 Å². The highest BCUT2D eigenvalue weighted by molar-refractivity contribution is 7.99. The van der Waals surface area contributed by atoms with Crippen LogP contribution in [0.1, 0.15) is 18.0 Å². The van der Waals surface area contributed by atoms with Gasteiger partial charge >= 0.3 is 0 Å². The van der Waals surface area contributed by atoms with E-state index in [1.54, 1.807) is 30.0 Å². The van der Waals surface area contributed by atoms with E-state index in [2.05, 4.69) is 10.3 Å². The lowest BCUT2D eigenvalue weighted by molar-refractivity contribution is -0.122. The van der Waals surface area contributed by atoms with Crippen molar-refractivity contribution in [3.05, 3.63) is 81.7 Å². The van der Waals surface area contributed by atoms with Gasteiger partial charge in [0.05, 0.1) is 17.8 Å². The molecule has 9 heteroatoms. The molecule has 3 heterocycles. The summed E-state index contributed by atoms with van der Waals surface area (Å²) in [6.07, 6.45) is 2.04. The van der Waals surface area contributed by atoms with Gasteiger partial charge < -0.3 is 5.32 Å². The molecule has 0 spiro atoms. The molecule has 0 aliphatic carbocycles. The Hall–Kier alpha value is -3.04. The third kappa shape index (κ3) is 3.93. The lowest BCUT2D eigenvalue weighted by Crippen LogP contribution is -2.36. The predicted octanol–water partition coefficient (Wildman–Crippen LogP) is 4.76. The number of rotatable bonds is 4. The Bertz CT molecular complexity index is 1380. The van der Waals surface area contributed by atoms with Gasteiger partial charge in [-0.1, -0.05) is 12.1 Å². The van der Waals surface area contributed by atoms with E-state index in [-0.39, 0.29) is 35.7 Å². The lowest BCUT2D eigenvalue weighted by Gasteiger charge is -2.26. The summed E-state index contributed by atoms with van der Waals surface area (Å²) in [7, 11) is 0.